The van der Waals surface area contributed by atoms with Crippen molar-refractivity contribution in [3.05, 3.63) is 35.0 Å². The second-order valence-corrected chi connectivity index (χ2v) is 4.88. The van der Waals surface area contributed by atoms with Crippen molar-refractivity contribution in [1.82, 2.24) is 24.6 Å². The summed E-state index contributed by atoms with van der Waals surface area (Å²) in [6, 6.07) is 3.53. The van der Waals surface area contributed by atoms with E-state index in [1.165, 1.54) is 0 Å². The number of nitrogens with zero attached hydrogens (tertiary/aromatic N) is 4. The van der Waals surface area contributed by atoms with Crippen molar-refractivity contribution in [3.63, 3.8) is 0 Å². The molecule has 0 unspecified atom stereocenters. The molecule has 0 spiro atoms. The smallest absolute Gasteiger partial charge is 0.274 e. The third-order valence-electron chi connectivity index (χ3n) is 3.12. The molecule has 1 saturated heterocycles. The molecule has 3 heterocycles. The number of likely N-dealkylation sites (tertiary alicyclic amines) is 1. The highest BCUT2D eigenvalue weighted by molar-refractivity contribution is 7.71. The third-order valence-corrected chi connectivity index (χ3v) is 3.35. The summed E-state index contributed by atoms with van der Waals surface area (Å²) in [7, 11) is 0. The molecule has 1 aliphatic rings. The van der Waals surface area contributed by atoms with Crippen molar-refractivity contribution < 1.29 is 4.79 Å². The highest BCUT2D eigenvalue weighted by Gasteiger charge is 2.21. The SMILES string of the molecule is O=C(c1cn(-c2ccc(=S)[nH]n2)cn1)N1CCCC1. The molecule has 0 bridgehead atoms. The first-order valence-electron chi connectivity index (χ1n) is 6.13. The predicted octanol–water partition coefficient (Wildman–Crippen LogP) is 1.56. The first-order valence-corrected chi connectivity index (χ1v) is 6.54. The van der Waals surface area contributed by atoms with Crippen LogP contribution in [-0.4, -0.2) is 43.6 Å². The van der Waals surface area contributed by atoms with Crippen LogP contribution >= 0.6 is 12.2 Å². The molecule has 1 N–H and O–H groups in total. The first-order chi connectivity index (χ1) is 9.24. The fourth-order valence-electron chi connectivity index (χ4n) is 2.12. The normalized spacial score (nSPS) is 14.8. The number of H-pyrrole nitrogens is 1. The van der Waals surface area contributed by atoms with Gasteiger partial charge in [-0.2, -0.15) is 5.10 Å². The van der Waals surface area contributed by atoms with Gasteiger partial charge >= 0.3 is 0 Å². The first kappa shape index (κ1) is 12.0. The van der Waals surface area contributed by atoms with Gasteiger partial charge in [0.05, 0.1) is 0 Å². The summed E-state index contributed by atoms with van der Waals surface area (Å²) in [5.41, 5.74) is 0.450. The third kappa shape index (κ3) is 2.41. The number of aromatic nitrogens is 4. The fraction of sp³-hybridized carbons (Fsp3) is 0.333. The van der Waals surface area contributed by atoms with Crippen LogP contribution in [0.3, 0.4) is 0 Å². The largest absolute Gasteiger partial charge is 0.337 e. The maximum atomic E-state index is 12.2. The number of nitrogens with one attached hydrogen (secondary N) is 1. The number of imidazole rings is 1. The lowest BCUT2D eigenvalue weighted by atomic mass is 10.4. The van der Waals surface area contributed by atoms with Crippen LogP contribution in [0.1, 0.15) is 23.3 Å². The van der Waals surface area contributed by atoms with Crippen LogP contribution in [0.25, 0.3) is 5.82 Å². The van der Waals surface area contributed by atoms with Crippen molar-refractivity contribution in [2.75, 3.05) is 13.1 Å². The maximum Gasteiger partial charge on any atom is 0.274 e. The molecule has 6 nitrogen and oxygen atoms in total. The molecule has 0 aromatic carbocycles. The van der Waals surface area contributed by atoms with Gasteiger partial charge < -0.3 is 4.90 Å². The molecule has 0 atom stereocenters. The number of carbonyl (C=O) groups is 1. The Balaban J connectivity index is 1.84. The number of rotatable bonds is 2. The number of hydrogen-bond acceptors (Lipinski definition) is 4. The van der Waals surface area contributed by atoms with Gasteiger partial charge in [-0.25, -0.2) is 4.98 Å². The summed E-state index contributed by atoms with van der Waals surface area (Å²) in [6.45, 7) is 1.64. The minimum atomic E-state index is -0.0138. The number of amides is 1. The van der Waals surface area contributed by atoms with E-state index in [2.05, 4.69) is 15.2 Å². The molecule has 0 saturated carbocycles. The molecule has 1 aliphatic heterocycles. The lowest BCUT2D eigenvalue weighted by molar-refractivity contribution is 0.0787. The van der Waals surface area contributed by atoms with Gasteiger partial charge in [-0.1, -0.05) is 12.2 Å². The summed E-state index contributed by atoms with van der Waals surface area (Å²) in [4.78, 5) is 18.1. The molecule has 0 aliphatic carbocycles. The number of aromatic amines is 1. The lowest BCUT2D eigenvalue weighted by Gasteiger charge is -2.12. The van der Waals surface area contributed by atoms with E-state index in [1.807, 2.05) is 4.90 Å². The Kier molecular flexibility index (Phi) is 3.12. The molecular formula is C12H13N5OS. The van der Waals surface area contributed by atoms with E-state index >= 15 is 0 Å². The van der Waals surface area contributed by atoms with Crippen LogP contribution < -0.4 is 0 Å². The molecule has 98 valence electrons. The van der Waals surface area contributed by atoms with E-state index in [0.717, 1.165) is 25.9 Å². The maximum absolute atomic E-state index is 12.2. The molecule has 3 rings (SSSR count). The van der Waals surface area contributed by atoms with Crippen molar-refractivity contribution in [2.45, 2.75) is 12.8 Å². The average Bonchev–Trinajstić information content (AvgIpc) is 3.10. The number of hydrogen-bond donors (Lipinski definition) is 1. The van der Waals surface area contributed by atoms with E-state index < -0.39 is 0 Å². The van der Waals surface area contributed by atoms with Gasteiger partial charge in [-0.3, -0.25) is 14.5 Å². The molecule has 0 radical (unpaired) electrons. The quantitative estimate of drug-likeness (QED) is 0.845. The van der Waals surface area contributed by atoms with E-state index in [9.17, 15) is 4.79 Å². The van der Waals surface area contributed by atoms with Gasteiger partial charge in [0, 0.05) is 19.3 Å². The summed E-state index contributed by atoms with van der Waals surface area (Å²) in [6.07, 6.45) is 5.43. The molecule has 2 aromatic heterocycles. The van der Waals surface area contributed by atoms with E-state index in [4.69, 9.17) is 12.2 Å². The zero-order chi connectivity index (χ0) is 13.2. The molecule has 2 aromatic rings. The summed E-state index contributed by atoms with van der Waals surface area (Å²) < 4.78 is 2.27. The summed E-state index contributed by atoms with van der Waals surface area (Å²) in [5, 5.41) is 6.80. The highest BCUT2D eigenvalue weighted by Crippen LogP contribution is 2.12. The Morgan fingerprint density at radius 1 is 1.32 bits per heavy atom. The van der Waals surface area contributed by atoms with E-state index in [0.29, 0.717) is 16.2 Å². The van der Waals surface area contributed by atoms with Crippen molar-refractivity contribution in [2.24, 2.45) is 0 Å². The molecule has 1 fully saturated rings. The monoisotopic (exact) mass is 275 g/mol. The van der Waals surface area contributed by atoms with Crippen molar-refractivity contribution in [1.29, 1.82) is 0 Å². The van der Waals surface area contributed by atoms with Crippen LogP contribution in [-0.2, 0) is 0 Å². The Morgan fingerprint density at radius 3 is 2.79 bits per heavy atom. The molecule has 1 amide bonds. The van der Waals surface area contributed by atoms with Crippen LogP contribution in [0.5, 0.6) is 0 Å². The zero-order valence-corrected chi connectivity index (χ0v) is 11.1. The molecule has 19 heavy (non-hydrogen) atoms. The number of carbonyl (C=O) groups excluding carboxylic acids is 1. The Labute approximate surface area is 115 Å². The Hall–Kier alpha value is -2.02. The average molecular weight is 275 g/mol. The molecular weight excluding hydrogens is 262 g/mol. The van der Waals surface area contributed by atoms with E-state index in [1.54, 1.807) is 29.2 Å². The van der Waals surface area contributed by atoms with Gasteiger partial charge in [0.25, 0.3) is 5.91 Å². The lowest BCUT2D eigenvalue weighted by Crippen LogP contribution is -2.27. The Bertz CT molecular complexity index is 636. The fourth-order valence-corrected chi connectivity index (χ4v) is 2.24. The minimum absolute atomic E-state index is 0.0138. The second kappa shape index (κ2) is 4.93. The van der Waals surface area contributed by atoms with E-state index in [-0.39, 0.29) is 5.91 Å². The van der Waals surface area contributed by atoms with Crippen LogP contribution in [0, 0.1) is 4.64 Å². The predicted molar refractivity (Wildman–Crippen MR) is 71.7 cm³/mol. The second-order valence-electron chi connectivity index (χ2n) is 4.44. The van der Waals surface area contributed by atoms with Gasteiger partial charge in [0.15, 0.2) is 5.82 Å². The van der Waals surface area contributed by atoms with Gasteiger partial charge in [-0.15, -0.1) is 0 Å². The zero-order valence-electron chi connectivity index (χ0n) is 10.2. The van der Waals surface area contributed by atoms with Gasteiger partial charge in [0.1, 0.15) is 16.7 Å². The van der Waals surface area contributed by atoms with Crippen molar-refractivity contribution >= 4 is 18.1 Å². The molecule has 7 heteroatoms. The van der Waals surface area contributed by atoms with Gasteiger partial charge in [-0.05, 0) is 25.0 Å². The minimum Gasteiger partial charge on any atom is -0.337 e. The van der Waals surface area contributed by atoms with Gasteiger partial charge in [0.2, 0.25) is 0 Å². The topological polar surface area (TPSA) is 66.8 Å². The van der Waals surface area contributed by atoms with Crippen LogP contribution in [0.2, 0.25) is 0 Å². The van der Waals surface area contributed by atoms with Crippen LogP contribution in [0.4, 0.5) is 0 Å². The summed E-state index contributed by atoms with van der Waals surface area (Å²) in [5.74, 6) is 0.640. The van der Waals surface area contributed by atoms with Crippen molar-refractivity contribution in [3.8, 4) is 5.82 Å². The highest BCUT2D eigenvalue weighted by atomic mass is 32.1. The summed E-state index contributed by atoms with van der Waals surface area (Å²) >= 11 is 4.94. The van der Waals surface area contributed by atoms with Crippen LogP contribution in [0.15, 0.2) is 24.7 Å². The Morgan fingerprint density at radius 2 is 2.11 bits per heavy atom. The standard InChI is InChI=1S/C12H13N5OS/c18-12(16-5-1-2-6-16)9-7-17(8-13-9)10-3-4-11(19)15-14-10/h3-4,7-8H,1-2,5-6H2,(H,15,19).